The summed E-state index contributed by atoms with van der Waals surface area (Å²) in [7, 11) is 1.64. The van der Waals surface area contributed by atoms with E-state index in [9.17, 15) is 0 Å². The van der Waals surface area contributed by atoms with Gasteiger partial charge in [0, 0.05) is 7.11 Å². The maximum atomic E-state index is 5.12. The minimum atomic E-state index is 0.533. The highest BCUT2D eigenvalue weighted by molar-refractivity contribution is 9.10. The van der Waals surface area contributed by atoms with Gasteiger partial charge in [0.15, 0.2) is 4.67 Å². The molecule has 0 spiro atoms. The molecule has 1 rings (SSSR count). The first-order chi connectivity index (χ1) is 4.33. The fourth-order valence-electron chi connectivity index (χ4n) is 0.572. The monoisotopic (exact) mass is 190 g/mol. The summed E-state index contributed by atoms with van der Waals surface area (Å²) in [6, 6.07) is 3.71. The second-order valence-corrected chi connectivity index (χ2v) is 2.42. The van der Waals surface area contributed by atoms with E-state index in [0.29, 0.717) is 6.61 Å². The molecule has 0 fully saturated rings. The van der Waals surface area contributed by atoms with Crippen LogP contribution in [0.5, 0.6) is 0 Å². The zero-order chi connectivity index (χ0) is 6.69. The second kappa shape index (κ2) is 3.03. The van der Waals surface area contributed by atoms with E-state index in [-0.39, 0.29) is 0 Å². The molecular formula is C6H7BrO2. The number of hydrogen-bond donors (Lipinski definition) is 0. The highest BCUT2D eigenvalue weighted by atomic mass is 79.9. The molecule has 0 aliphatic carbocycles. The summed E-state index contributed by atoms with van der Waals surface area (Å²) in [6.07, 6.45) is 0. The Labute approximate surface area is 61.9 Å². The lowest BCUT2D eigenvalue weighted by Crippen LogP contribution is -1.81. The molecule has 0 saturated heterocycles. The van der Waals surface area contributed by atoms with E-state index in [2.05, 4.69) is 15.9 Å². The van der Waals surface area contributed by atoms with Crippen molar-refractivity contribution in [2.45, 2.75) is 6.61 Å². The maximum absolute atomic E-state index is 5.12. The lowest BCUT2D eigenvalue weighted by molar-refractivity contribution is 0.163. The third-order valence-electron chi connectivity index (χ3n) is 0.915. The van der Waals surface area contributed by atoms with Crippen molar-refractivity contribution < 1.29 is 9.15 Å². The Balaban J connectivity index is 2.61. The molecule has 0 aliphatic rings. The summed E-state index contributed by atoms with van der Waals surface area (Å²) in [5.41, 5.74) is 0. The normalized spacial score (nSPS) is 10.0. The Bertz CT molecular complexity index is 183. The summed E-state index contributed by atoms with van der Waals surface area (Å²) in [6.45, 7) is 0.533. The van der Waals surface area contributed by atoms with Gasteiger partial charge in [-0.3, -0.25) is 0 Å². The lowest BCUT2D eigenvalue weighted by Gasteiger charge is -1.89. The van der Waals surface area contributed by atoms with Gasteiger partial charge in [-0.25, -0.2) is 0 Å². The van der Waals surface area contributed by atoms with Crippen molar-refractivity contribution in [2.24, 2.45) is 0 Å². The first kappa shape index (κ1) is 6.83. The fraction of sp³-hybridized carbons (Fsp3) is 0.333. The zero-order valence-corrected chi connectivity index (χ0v) is 6.64. The smallest absolute Gasteiger partial charge is 0.169 e. The third-order valence-corrected chi connectivity index (χ3v) is 1.34. The maximum Gasteiger partial charge on any atom is 0.169 e. The van der Waals surface area contributed by atoms with Gasteiger partial charge in [-0.05, 0) is 28.1 Å². The van der Waals surface area contributed by atoms with Crippen LogP contribution in [0.2, 0.25) is 0 Å². The number of furan rings is 1. The molecule has 50 valence electrons. The van der Waals surface area contributed by atoms with Crippen molar-refractivity contribution in [1.29, 1.82) is 0 Å². The van der Waals surface area contributed by atoms with Gasteiger partial charge in [-0.1, -0.05) is 0 Å². The molecule has 3 heteroatoms. The first-order valence-electron chi connectivity index (χ1n) is 2.56. The summed E-state index contributed by atoms with van der Waals surface area (Å²) in [4.78, 5) is 0. The molecule has 1 aromatic rings. The predicted octanol–water partition coefficient (Wildman–Crippen LogP) is 2.19. The Morgan fingerprint density at radius 2 is 2.44 bits per heavy atom. The van der Waals surface area contributed by atoms with Crippen molar-refractivity contribution in [3.8, 4) is 0 Å². The average Bonchev–Trinajstić information content (AvgIpc) is 2.17. The highest BCUT2D eigenvalue weighted by Crippen LogP contribution is 2.13. The van der Waals surface area contributed by atoms with Crippen LogP contribution >= 0.6 is 15.9 Å². The highest BCUT2D eigenvalue weighted by Gasteiger charge is 1.95. The van der Waals surface area contributed by atoms with Crippen LogP contribution in [0.25, 0.3) is 0 Å². The van der Waals surface area contributed by atoms with E-state index in [1.807, 2.05) is 12.1 Å². The molecule has 0 saturated carbocycles. The van der Waals surface area contributed by atoms with Crippen molar-refractivity contribution in [2.75, 3.05) is 7.11 Å². The van der Waals surface area contributed by atoms with Gasteiger partial charge in [0.05, 0.1) is 0 Å². The molecule has 0 radical (unpaired) electrons. The summed E-state index contributed by atoms with van der Waals surface area (Å²) in [5, 5.41) is 0. The standard InChI is InChI=1S/C6H7BrO2/c1-8-4-5-2-3-6(7)9-5/h2-3H,4H2,1H3. The predicted molar refractivity (Wildman–Crippen MR) is 37.1 cm³/mol. The van der Waals surface area contributed by atoms with Crippen LogP contribution in [0.4, 0.5) is 0 Å². The second-order valence-electron chi connectivity index (χ2n) is 1.64. The molecule has 0 unspecified atom stereocenters. The van der Waals surface area contributed by atoms with Crippen molar-refractivity contribution in [1.82, 2.24) is 0 Å². The van der Waals surface area contributed by atoms with Crippen molar-refractivity contribution in [3.05, 3.63) is 22.6 Å². The van der Waals surface area contributed by atoms with Crippen LogP contribution in [0, 0.1) is 0 Å². The molecule has 1 aromatic heterocycles. The molecule has 0 atom stereocenters. The van der Waals surface area contributed by atoms with Crippen LogP contribution in [-0.4, -0.2) is 7.11 Å². The van der Waals surface area contributed by atoms with Gasteiger partial charge in [0.1, 0.15) is 12.4 Å². The van der Waals surface area contributed by atoms with E-state index >= 15 is 0 Å². The molecule has 0 N–H and O–H groups in total. The Morgan fingerprint density at radius 3 is 2.89 bits per heavy atom. The average molecular weight is 191 g/mol. The van der Waals surface area contributed by atoms with Gasteiger partial charge >= 0.3 is 0 Å². The third kappa shape index (κ3) is 1.84. The minimum absolute atomic E-state index is 0.533. The quantitative estimate of drug-likeness (QED) is 0.714. The molecule has 9 heavy (non-hydrogen) atoms. The zero-order valence-electron chi connectivity index (χ0n) is 5.06. The number of methoxy groups -OCH3 is 1. The van der Waals surface area contributed by atoms with Crippen LogP contribution in [0.1, 0.15) is 5.76 Å². The first-order valence-corrected chi connectivity index (χ1v) is 3.35. The number of hydrogen-bond acceptors (Lipinski definition) is 2. The summed E-state index contributed by atoms with van der Waals surface area (Å²) in [5.74, 6) is 0.837. The molecule has 1 heterocycles. The lowest BCUT2D eigenvalue weighted by atomic mass is 10.5. The van der Waals surface area contributed by atoms with E-state index in [4.69, 9.17) is 9.15 Å². The van der Waals surface area contributed by atoms with Gasteiger partial charge in [-0.15, -0.1) is 0 Å². The van der Waals surface area contributed by atoms with Crippen molar-refractivity contribution in [3.63, 3.8) is 0 Å². The number of ether oxygens (including phenoxy) is 1. The van der Waals surface area contributed by atoms with Gasteiger partial charge in [0.25, 0.3) is 0 Å². The topological polar surface area (TPSA) is 22.4 Å². The molecule has 2 nitrogen and oxygen atoms in total. The molecular weight excluding hydrogens is 184 g/mol. The molecule has 0 bridgehead atoms. The largest absolute Gasteiger partial charge is 0.452 e. The molecule has 0 aliphatic heterocycles. The van der Waals surface area contributed by atoms with Gasteiger partial charge < -0.3 is 9.15 Å². The fourth-order valence-corrected chi connectivity index (χ4v) is 0.912. The Kier molecular flexibility index (Phi) is 2.30. The SMILES string of the molecule is COCc1ccc(Br)o1. The van der Waals surface area contributed by atoms with E-state index in [1.165, 1.54) is 0 Å². The van der Waals surface area contributed by atoms with Gasteiger partial charge in [0.2, 0.25) is 0 Å². The van der Waals surface area contributed by atoms with E-state index < -0.39 is 0 Å². The number of rotatable bonds is 2. The Morgan fingerprint density at radius 1 is 1.67 bits per heavy atom. The van der Waals surface area contributed by atoms with E-state index in [0.717, 1.165) is 10.4 Å². The van der Waals surface area contributed by atoms with Crippen molar-refractivity contribution >= 4 is 15.9 Å². The molecule has 0 amide bonds. The van der Waals surface area contributed by atoms with Crippen LogP contribution in [0.15, 0.2) is 21.2 Å². The summed E-state index contributed by atoms with van der Waals surface area (Å²) >= 11 is 3.18. The van der Waals surface area contributed by atoms with Crippen LogP contribution < -0.4 is 0 Å². The number of halogens is 1. The molecule has 0 aromatic carbocycles. The van der Waals surface area contributed by atoms with E-state index in [1.54, 1.807) is 7.11 Å². The van der Waals surface area contributed by atoms with Gasteiger partial charge in [-0.2, -0.15) is 0 Å². The van der Waals surface area contributed by atoms with Crippen LogP contribution in [-0.2, 0) is 11.3 Å². The minimum Gasteiger partial charge on any atom is -0.452 e. The van der Waals surface area contributed by atoms with Crippen LogP contribution in [0.3, 0.4) is 0 Å². The Hall–Kier alpha value is -0.280. The summed E-state index contributed by atoms with van der Waals surface area (Å²) < 4.78 is 10.7.